The number of nitrogens with zero attached hydrogens (tertiary/aromatic N) is 3. The molecule has 2 aromatic carbocycles. The molecule has 0 saturated heterocycles. The molecule has 1 heterocycles. The largest absolute Gasteiger partial charge is 0.383 e. The average Bonchev–Trinajstić information content (AvgIpc) is 2.74. The van der Waals surface area contributed by atoms with Gasteiger partial charge in [-0.25, -0.2) is 9.97 Å². The zero-order valence-corrected chi connectivity index (χ0v) is 18.5. The Labute approximate surface area is 186 Å². The number of benzene rings is 2. The van der Waals surface area contributed by atoms with Crippen molar-refractivity contribution in [2.45, 2.75) is 19.8 Å². The van der Waals surface area contributed by atoms with Crippen LogP contribution in [0, 0.1) is 0 Å². The minimum absolute atomic E-state index is 0.0752. The van der Waals surface area contributed by atoms with Crippen LogP contribution in [-0.2, 0) is 16.0 Å². The van der Waals surface area contributed by atoms with Crippen LogP contribution in [0.5, 0.6) is 0 Å². The second-order valence-electron chi connectivity index (χ2n) is 6.74. The second kappa shape index (κ2) is 10.6. The van der Waals surface area contributed by atoms with E-state index < -0.39 is 0 Å². The van der Waals surface area contributed by atoms with Gasteiger partial charge in [0.25, 0.3) is 0 Å². The van der Waals surface area contributed by atoms with Gasteiger partial charge in [0.2, 0.25) is 5.91 Å². The lowest BCUT2D eigenvalue weighted by Gasteiger charge is -2.25. The number of amides is 1. The first-order valence-corrected chi connectivity index (χ1v) is 10.5. The normalized spacial score (nSPS) is 10.9. The van der Waals surface area contributed by atoms with Crippen LogP contribution in [0.25, 0.3) is 10.9 Å². The van der Waals surface area contributed by atoms with Crippen LogP contribution in [0.1, 0.15) is 19.2 Å². The molecule has 0 spiro atoms. The van der Waals surface area contributed by atoms with E-state index >= 15 is 0 Å². The SMILES string of the molecule is CCc1nc(N(CCOC)CCC(=O)Nc2ccccc2)c2cc(Cl)cc(Cl)c2n1. The first-order chi connectivity index (χ1) is 14.5. The van der Waals surface area contributed by atoms with E-state index in [0.29, 0.717) is 59.7 Å². The number of carbonyl (C=O) groups excluding carboxylic acids is 1. The smallest absolute Gasteiger partial charge is 0.226 e. The van der Waals surface area contributed by atoms with Gasteiger partial charge in [-0.3, -0.25) is 4.79 Å². The fraction of sp³-hybridized carbons (Fsp3) is 0.318. The van der Waals surface area contributed by atoms with Gasteiger partial charge in [0.1, 0.15) is 11.6 Å². The quantitative estimate of drug-likeness (QED) is 0.501. The lowest BCUT2D eigenvalue weighted by molar-refractivity contribution is -0.116. The number of rotatable bonds is 9. The fourth-order valence-corrected chi connectivity index (χ4v) is 3.63. The van der Waals surface area contributed by atoms with Crippen LogP contribution >= 0.6 is 23.2 Å². The highest BCUT2D eigenvalue weighted by Crippen LogP contribution is 2.32. The number of para-hydroxylation sites is 1. The number of anilines is 2. The average molecular weight is 447 g/mol. The van der Waals surface area contributed by atoms with Crippen molar-refractivity contribution in [3.8, 4) is 0 Å². The van der Waals surface area contributed by atoms with E-state index in [1.165, 1.54) is 0 Å². The Morgan fingerprint density at radius 1 is 1.13 bits per heavy atom. The molecule has 0 saturated carbocycles. The van der Waals surface area contributed by atoms with Gasteiger partial charge >= 0.3 is 0 Å². The molecule has 0 fully saturated rings. The molecule has 8 heteroatoms. The van der Waals surface area contributed by atoms with Crippen molar-refractivity contribution in [2.24, 2.45) is 0 Å². The number of nitrogens with one attached hydrogen (secondary N) is 1. The van der Waals surface area contributed by atoms with E-state index in [1.54, 1.807) is 19.2 Å². The van der Waals surface area contributed by atoms with Crippen molar-refractivity contribution < 1.29 is 9.53 Å². The van der Waals surface area contributed by atoms with Gasteiger partial charge in [-0.05, 0) is 24.3 Å². The third kappa shape index (κ3) is 5.59. The van der Waals surface area contributed by atoms with Crippen molar-refractivity contribution >= 4 is 51.5 Å². The van der Waals surface area contributed by atoms with Gasteiger partial charge in [0.15, 0.2) is 0 Å². The molecule has 0 aliphatic heterocycles. The highest BCUT2D eigenvalue weighted by atomic mass is 35.5. The molecule has 0 aliphatic rings. The molecule has 158 valence electrons. The van der Waals surface area contributed by atoms with Crippen molar-refractivity contribution in [1.82, 2.24) is 9.97 Å². The third-order valence-corrected chi connectivity index (χ3v) is 5.10. The van der Waals surface area contributed by atoms with E-state index in [0.717, 1.165) is 11.1 Å². The molecule has 0 unspecified atom stereocenters. The topological polar surface area (TPSA) is 67.4 Å². The number of methoxy groups -OCH3 is 1. The van der Waals surface area contributed by atoms with Gasteiger partial charge in [-0.1, -0.05) is 48.3 Å². The maximum atomic E-state index is 12.5. The van der Waals surface area contributed by atoms with Crippen LogP contribution in [-0.4, -0.2) is 42.7 Å². The van der Waals surface area contributed by atoms with Gasteiger partial charge in [0, 0.05) is 49.1 Å². The summed E-state index contributed by atoms with van der Waals surface area (Å²) in [6.45, 7) is 3.50. The molecule has 1 N–H and O–H groups in total. The van der Waals surface area contributed by atoms with E-state index in [2.05, 4.69) is 10.3 Å². The zero-order chi connectivity index (χ0) is 21.5. The summed E-state index contributed by atoms with van der Waals surface area (Å²) in [6.07, 6.45) is 0.953. The molecule has 0 atom stereocenters. The third-order valence-electron chi connectivity index (χ3n) is 4.59. The molecule has 3 aromatic rings. The van der Waals surface area contributed by atoms with Crippen LogP contribution < -0.4 is 10.2 Å². The molecule has 0 aliphatic carbocycles. The van der Waals surface area contributed by atoms with Crippen molar-refractivity contribution in [3.05, 3.63) is 58.3 Å². The number of halogens is 2. The number of hydrogen-bond acceptors (Lipinski definition) is 5. The second-order valence-corrected chi connectivity index (χ2v) is 7.59. The van der Waals surface area contributed by atoms with Crippen molar-refractivity contribution in [2.75, 3.05) is 37.0 Å². The molecular formula is C22H24Cl2N4O2. The first kappa shape index (κ1) is 22.3. The highest BCUT2D eigenvalue weighted by molar-refractivity contribution is 6.38. The minimum atomic E-state index is -0.0752. The standard InChI is InChI=1S/C22H24Cl2N4O2/c1-3-19-26-21-17(13-15(23)14-18(21)24)22(27-19)28(11-12-30-2)10-9-20(29)25-16-7-5-4-6-8-16/h4-8,13-14H,3,9-12H2,1-2H3,(H,25,29). The summed E-state index contributed by atoms with van der Waals surface area (Å²) in [5, 5.41) is 4.65. The molecule has 30 heavy (non-hydrogen) atoms. The van der Waals surface area contributed by atoms with Gasteiger partial charge in [0.05, 0.1) is 17.1 Å². The number of aryl methyl sites for hydroxylation is 1. The van der Waals surface area contributed by atoms with Gasteiger partial charge < -0.3 is 15.0 Å². The Morgan fingerprint density at radius 2 is 1.90 bits per heavy atom. The number of fused-ring (bicyclic) bond motifs is 1. The first-order valence-electron chi connectivity index (χ1n) is 9.76. The summed E-state index contributed by atoms with van der Waals surface area (Å²) in [5.74, 6) is 1.30. The Bertz CT molecular complexity index is 1010. The van der Waals surface area contributed by atoms with Crippen molar-refractivity contribution in [3.63, 3.8) is 0 Å². The summed E-state index contributed by atoms with van der Waals surface area (Å²) >= 11 is 12.7. The highest BCUT2D eigenvalue weighted by Gasteiger charge is 2.18. The summed E-state index contributed by atoms with van der Waals surface area (Å²) < 4.78 is 5.27. The summed E-state index contributed by atoms with van der Waals surface area (Å²) in [5.41, 5.74) is 1.42. The number of ether oxygens (including phenoxy) is 1. The Morgan fingerprint density at radius 3 is 2.60 bits per heavy atom. The molecule has 6 nitrogen and oxygen atoms in total. The zero-order valence-electron chi connectivity index (χ0n) is 17.0. The summed E-state index contributed by atoms with van der Waals surface area (Å²) in [4.78, 5) is 23.8. The number of aromatic nitrogens is 2. The maximum absolute atomic E-state index is 12.5. The van der Waals surface area contributed by atoms with E-state index in [-0.39, 0.29) is 5.91 Å². The molecule has 0 radical (unpaired) electrons. The Kier molecular flexibility index (Phi) is 7.85. The molecule has 0 bridgehead atoms. The Hall–Kier alpha value is -2.41. The van der Waals surface area contributed by atoms with Crippen LogP contribution in [0.15, 0.2) is 42.5 Å². The number of carbonyl (C=O) groups is 1. The van der Waals surface area contributed by atoms with Crippen LogP contribution in [0.4, 0.5) is 11.5 Å². The fourth-order valence-electron chi connectivity index (χ4n) is 3.09. The predicted octanol–water partition coefficient (Wildman–Crippen LogP) is 4.98. The summed E-state index contributed by atoms with van der Waals surface area (Å²) in [6, 6.07) is 12.9. The molecule has 1 aromatic heterocycles. The number of hydrogen-bond donors (Lipinski definition) is 1. The maximum Gasteiger partial charge on any atom is 0.226 e. The summed E-state index contributed by atoms with van der Waals surface area (Å²) in [7, 11) is 1.64. The molecule has 1 amide bonds. The predicted molar refractivity (Wildman–Crippen MR) is 123 cm³/mol. The monoisotopic (exact) mass is 446 g/mol. The van der Waals surface area contributed by atoms with Gasteiger partial charge in [-0.2, -0.15) is 0 Å². The molecular weight excluding hydrogens is 423 g/mol. The van der Waals surface area contributed by atoms with E-state index in [1.807, 2.05) is 42.2 Å². The minimum Gasteiger partial charge on any atom is -0.383 e. The van der Waals surface area contributed by atoms with E-state index in [9.17, 15) is 4.79 Å². The lowest BCUT2D eigenvalue weighted by atomic mass is 10.2. The van der Waals surface area contributed by atoms with Gasteiger partial charge in [-0.15, -0.1) is 0 Å². The lowest BCUT2D eigenvalue weighted by Crippen LogP contribution is -2.32. The van der Waals surface area contributed by atoms with Crippen LogP contribution in [0.3, 0.4) is 0 Å². The Balaban J connectivity index is 1.89. The van der Waals surface area contributed by atoms with Crippen molar-refractivity contribution in [1.29, 1.82) is 0 Å². The van der Waals surface area contributed by atoms with Crippen LogP contribution in [0.2, 0.25) is 10.0 Å². The molecule has 3 rings (SSSR count). The van der Waals surface area contributed by atoms with E-state index in [4.69, 9.17) is 32.9 Å².